The van der Waals surface area contributed by atoms with Crippen LogP contribution in [0.15, 0.2) is 30.3 Å². The van der Waals surface area contributed by atoms with Gasteiger partial charge < -0.3 is 20.5 Å². The number of nitrogen functional groups attached to an aromatic ring is 1. The van der Waals surface area contributed by atoms with Crippen molar-refractivity contribution in [2.75, 3.05) is 23.8 Å². The highest BCUT2D eigenvalue weighted by molar-refractivity contribution is 5.74. The van der Waals surface area contributed by atoms with Crippen molar-refractivity contribution >= 4 is 11.5 Å². The lowest BCUT2D eigenvalue weighted by molar-refractivity contribution is 0.0285. The predicted octanol–water partition coefficient (Wildman–Crippen LogP) is 2.04. The average molecular weight is 300 g/mol. The summed E-state index contributed by atoms with van der Waals surface area (Å²) >= 11 is 0. The number of nitrogens with two attached hydrogens (primary N) is 1. The SMILES string of the molecule is CC1[C@H](C)OCCN1c1cc(-c2ccccc2O)nnc1N. The number of anilines is 2. The first-order valence-electron chi connectivity index (χ1n) is 7.37. The Kier molecular flexibility index (Phi) is 3.85. The molecule has 1 saturated heterocycles. The maximum atomic E-state index is 10.00. The van der Waals surface area contributed by atoms with E-state index in [1.54, 1.807) is 12.1 Å². The predicted molar refractivity (Wildman–Crippen MR) is 85.8 cm³/mol. The number of phenols is 1. The number of rotatable bonds is 2. The summed E-state index contributed by atoms with van der Waals surface area (Å²) < 4.78 is 5.66. The normalized spacial score (nSPS) is 21.8. The van der Waals surface area contributed by atoms with Gasteiger partial charge in [-0.15, -0.1) is 10.2 Å². The summed E-state index contributed by atoms with van der Waals surface area (Å²) in [5.74, 6) is 0.566. The smallest absolute Gasteiger partial charge is 0.169 e. The van der Waals surface area contributed by atoms with Gasteiger partial charge in [-0.25, -0.2) is 0 Å². The highest BCUT2D eigenvalue weighted by Gasteiger charge is 2.27. The van der Waals surface area contributed by atoms with Crippen LogP contribution < -0.4 is 10.6 Å². The van der Waals surface area contributed by atoms with Crippen LogP contribution in [0.3, 0.4) is 0 Å². The molecule has 2 aromatic rings. The van der Waals surface area contributed by atoms with Crippen molar-refractivity contribution in [1.29, 1.82) is 0 Å². The van der Waals surface area contributed by atoms with E-state index < -0.39 is 0 Å². The van der Waals surface area contributed by atoms with Gasteiger partial charge in [-0.05, 0) is 32.0 Å². The third-order valence-electron chi connectivity index (χ3n) is 4.17. The summed E-state index contributed by atoms with van der Waals surface area (Å²) in [6.45, 7) is 5.55. The van der Waals surface area contributed by atoms with Gasteiger partial charge in [-0.1, -0.05) is 12.1 Å². The van der Waals surface area contributed by atoms with Gasteiger partial charge in [-0.3, -0.25) is 0 Å². The molecule has 0 aliphatic carbocycles. The number of hydrogen-bond acceptors (Lipinski definition) is 6. The number of phenolic OH excluding ortho intramolecular Hbond substituents is 1. The lowest BCUT2D eigenvalue weighted by Crippen LogP contribution is -2.49. The van der Waals surface area contributed by atoms with E-state index in [4.69, 9.17) is 10.5 Å². The lowest BCUT2D eigenvalue weighted by Gasteiger charge is -2.39. The van der Waals surface area contributed by atoms with Crippen molar-refractivity contribution < 1.29 is 9.84 Å². The van der Waals surface area contributed by atoms with Crippen LogP contribution >= 0.6 is 0 Å². The Labute approximate surface area is 129 Å². The van der Waals surface area contributed by atoms with Gasteiger partial charge in [0.15, 0.2) is 5.82 Å². The number of aromatic hydroxyl groups is 1. The highest BCUT2D eigenvalue weighted by Crippen LogP contribution is 2.33. The standard InChI is InChI=1S/C16H20N4O2/c1-10-11(2)22-8-7-20(10)14-9-13(18-19-16(14)17)12-5-3-4-6-15(12)21/h3-6,9-11,21H,7-8H2,1-2H3,(H2,17,19)/t10?,11-/m0/s1. The second-order valence-electron chi connectivity index (χ2n) is 5.53. The minimum atomic E-state index is 0.120. The summed E-state index contributed by atoms with van der Waals surface area (Å²) in [6, 6.07) is 9.14. The molecule has 1 aliphatic heterocycles. The Morgan fingerprint density at radius 3 is 2.82 bits per heavy atom. The molecule has 1 aliphatic rings. The Morgan fingerprint density at radius 1 is 1.27 bits per heavy atom. The minimum Gasteiger partial charge on any atom is -0.507 e. The molecule has 2 heterocycles. The first kappa shape index (κ1) is 14.6. The Bertz CT molecular complexity index is 677. The molecule has 0 bridgehead atoms. The van der Waals surface area contributed by atoms with Crippen LogP contribution in [0.25, 0.3) is 11.3 Å². The van der Waals surface area contributed by atoms with Crippen LogP contribution in [-0.4, -0.2) is 40.6 Å². The molecule has 1 aromatic heterocycles. The van der Waals surface area contributed by atoms with Gasteiger partial charge in [0, 0.05) is 12.1 Å². The van der Waals surface area contributed by atoms with Crippen LogP contribution in [0.4, 0.5) is 11.5 Å². The summed E-state index contributed by atoms with van der Waals surface area (Å²) in [5.41, 5.74) is 8.10. The minimum absolute atomic E-state index is 0.120. The van der Waals surface area contributed by atoms with Gasteiger partial charge in [0.25, 0.3) is 0 Å². The fourth-order valence-electron chi connectivity index (χ4n) is 2.72. The number of morpholine rings is 1. The monoisotopic (exact) mass is 300 g/mol. The maximum Gasteiger partial charge on any atom is 0.169 e. The quantitative estimate of drug-likeness (QED) is 0.883. The van der Waals surface area contributed by atoms with E-state index in [1.165, 1.54) is 0 Å². The van der Waals surface area contributed by atoms with E-state index in [0.717, 1.165) is 12.2 Å². The average Bonchev–Trinajstić information content (AvgIpc) is 2.52. The van der Waals surface area contributed by atoms with Crippen LogP contribution in [0, 0.1) is 0 Å². The van der Waals surface area contributed by atoms with Crippen molar-refractivity contribution in [2.45, 2.75) is 26.0 Å². The molecular weight excluding hydrogens is 280 g/mol. The molecule has 1 aromatic carbocycles. The number of aromatic nitrogens is 2. The third kappa shape index (κ3) is 2.57. The third-order valence-corrected chi connectivity index (χ3v) is 4.17. The van der Waals surface area contributed by atoms with E-state index in [1.807, 2.05) is 25.1 Å². The van der Waals surface area contributed by atoms with Crippen molar-refractivity contribution in [3.05, 3.63) is 30.3 Å². The fraction of sp³-hybridized carbons (Fsp3) is 0.375. The molecule has 22 heavy (non-hydrogen) atoms. The first-order valence-corrected chi connectivity index (χ1v) is 7.37. The van der Waals surface area contributed by atoms with Crippen molar-refractivity contribution in [3.8, 4) is 17.0 Å². The Morgan fingerprint density at radius 2 is 2.05 bits per heavy atom. The van der Waals surface area contributed by atoms with E-state index >= 15 is 0 Å². The molecule has 6 heteroatoms. The van der Waals surface area contributed by atoms with Gasteiger partial charge in [-0.2, -0.15) is 0 Å². The lowest BCUT2D eigenvalue weighted by atomic mass is 10.1. The molecule has 0 radical (unpaired) electrons. The first-order chi connectivity index (χ1) is 10.6. The molecule has 3 rings (SSSR count). The van der Waals surface area contributed by atoms with E-state index in [9.17, 15) is 5.11 Å². The van der Waals surface area contributed by atoms with Crippen LogP contribution in [-0.2, 0) is 4.74 Å². The molecular formula is C16H20N4O2. The van der Waals surface area contributed by atoms with Crippen molar-refractivity contribution in [2.24, 2.45) is 0 Å². The summed E-state index contributed by atoms with van der Waals surface area (Å²) in [5, 5.41) is 18.2. The molecule has 116 valence electrons. The summed E-state index contributed by atoms with van der Waals surface area (Å²) in [6.07, 6.45) is 0.120. The second-order valence-corrected chi connectivity index (χ2v) is 5.53. The van der Waals surface area contributed by atoms with Crippen LogP contribution in [0.5, 0.6) is 5.75 Å². The fourth-order valence-corrected chi connectivity index (χ4v) is 2.72. The molecule has 0 spiro atoms. The number of hydrogen-bond donors (Lipinski definition) is 2. The van der Waals surface area contributed by atoms with Gasteiger partial charge in [0.1, 0.15) is 5.75 Å². The second kappa shape index (κ2) is 5.81. The van der Waals surface area contributed by atoms with Crippen molar-refractivity contribution in [1.82, 2.24) is 10.2 Å². The molecule has 6 nitrogen and oxygen atoms in total. The van der Waals surface area contributed by atoms with Crippen LogP contribution in [0.2, 0.25) is 0 Å². The van der Waals surface area contributed by atoms with E-state index in [0.29, 0.717) is 23.7 Å². The summed E-state index contributed by atoms with van der Waals surface area (Å²) in [7, 11) is 0. The zero-order valence-electron chi connectivity index (χ0n) is 12.7. The topological polar surface area (TPSA) is 84.5 Å². The molecule has 3 N–H and O–H groups in total. The molecule has 2 atom stereocenters. The number of ether oxygens (including phenoxy) is 1. The molecule has 1 fully saturated rings. The zero-order chi connectivity index (χ0) is 15.7. The highest BCUT2D eigenvalue weighted by atomic mass is 16.5. The number of benzene rings is 1. The zero-order valence-corrected chi connectivity index (χ0v) is 12.7. The molecule has 1 unspecified atom stereocenters. The van der Waals surface area contributed by atoms with Gasteiger partial charge in [0.2, 0.25) is 0 Å². The Balaban J connectivity index is 2.02. The van der Waals surface area contributed by atoms with E-state index in [2.05, 4.69) is 22.0 Å². The van der Waals surface area contributed by atoms with Gasteiger partial charge >= 0.3 is 0 Å². The number of para-hydroxylation sites is 1. The number of nitrogens with zero attached hydrogens (tertiary/aromatic N) is 3. The van der Waals surface area contributed by atoms with Gasteiger partial charge in [0.05, 0.1) is 30.1 Å². The summed E-state index contributed by atoms with van der Waals surface area (Å²) in [4.78, 5) is 2.18. The van der Waals surface area contributed by atoms with Crippen LogP contribution in [0.1, 0.15) is 13.8 Å². The largest absolute Gasteiger partial charge is 0.507 e. The maximum absolute atomic E-state index is 10.00. The molecule has 0 amide bonds. The molecule has 0 saturated carbocycles. The Hall–Kier alpha value is -2.34. The van der Waals surface area contributed by atoms with E-state index in [-0.39, 0.29) is 17.9 Å². The van der Waals surface area contributed by atoms with Crippen molar-refractivity contribution in [3.63, 3.8) is 0 Å².